The summed E-state index contributed by atoms with van der Waals surface area (Å²) in [6, 6.07) is 9.01. The molecule has 3 aliphatic heterocycles. The van der Waals surface area contributed by atoms with Crippen LogP contribution in [0.4, 0.5) is 0 Å². The number of benzene rings is 2. The van der Waals surface area contributed by atoms with Gasteiger partial charge in [0.15, 0.2) is 23.7 Å². The molecule has 3 heterocycles. The van der Waals surface area contributed by atoms with E-state index >= 15 is 28.8 Å². The SMILES string of the molecule is CCC(C)[C@@H]1CC(=O)[C@@H]2CCCN2C(=O)C(Cc2ccc(B3OC(C)(C)C(C)(C)O3)cc2)N(C)C(=O)[C@H](Cc2ccccc2)NC(=O)[C@H](C(C)C)N(C)C(=O)[C@@H](C(C)CC)OC(=O)[C@H](C(C)(C)O)N(C)C(=O)[C@H](CC(C)C)CC(=O)[C@H](C(C)C)N(C)C1=O. The summed E-state index contributed by atoms with van der Waals surface area (Å²) in [6.45, 7) is 29.0. The third-order valence-electron chi connectivity index (χ3n) is 19.1. The molecule has 0 aromatic heterocycles. The van der Waals surface area contributed by atoms with Crippen molar-refractivity contribution >= 4 is 65.6 Å². The van der Waals surface area contributed by atoms with Crippen LogP contribution in [0.1, 0.15) is 167 Å². The van der Waals surface area contributed by atoms with Crippen LogP contribution >= 0.6 is 0 Å². The van der Waals surface area contributed by atoms with Gasteiger partial charge in [-0.2, -0.15) is 0 Å². The molecule has 19 nitrogen and oxygen atoms in total. The van der Waals surface area contributed by atoms with Crippen molar-refractivity contribution in [3.05, 3.63) is 65.7 Å². The van der Waals surface area contributed by atoms with Crippen molar-refractivity contribution in [3.8, 4) is 0 Å². The second kappa shape index (κ2) is 30.2. The van der Waals surface area contributed by atoms with E-state index in [9.17, 15) is 19.5 Å². The molecular weight excluding hydrogens is 1120 g/mol. The number of carbonyl (C=O) groups excluding carboxylic acids is 9. The smallest absolute Gasteiger partial charge is 0.450 e. The molecule has 88 heavy (non-hydrogen) atoms. The molecule has 20 heteroatoms. The van der Waals surface area contributed by atoms with Gasteiger partial charge in [-0.15, -0.1) is 0 Å². The molecule has 11 atom stereocenters. The van der Waals surface area contributed by atoms with Crippen LogP contribution in [0.25, 0.3) is 0 Å². The number of aliphatic hydroxyl groups is 1. The first kappa shape index (κ1) is 72.8. The van der Waals surface area contributed by atoms with Crippen molar-refractivity contribution in [3.63, 3.8) is 0 Å². The van der Waals surface area contributed by atoms with Gasteiger partial charge >= 0.3 is 13.1 Å². The van der Waals surface area contributed by atoms with E-state index in [1.165, 1.54) is 54.6 Å². The third kappa shape index (κ3) is 17.1. The molecular formula is C68H105BN6O13. The number of cyclic esters (lactones) is 1. The fourth-order valence-electron chi connectivity index (χ4n) is 12.9. The highest BCUT2D eigenvalue weighted by molar-refractivity contribution is 6.62. The zero-order chi connectivity index (χ0) is 66.2. The van der Waals surface area contributed by atoms with Crippen LogP contribution < -0.4 is 10.8 Å². The van der Waals surface area contributed by atoms with Crippen LogP contribution in [-0.2, 0) is 70.0 Å². The predicted molar refractivity (Wildman–Crippen MR) is 339 cm³/mol. The fraction of sp³-hybridized carbons (Fsp3) is 0.691. The Hall–Kier alpha value is -5.99. The molecule has 0 aliphatic carbocycles. The number of carbonyl (C=O) groups is 9. The molecule has 6 amide bonds. The maximum Gasteiger partial charge on any atom is 0.494 e. The zero-order valence-electron chi connectivity index (χ0n) is 56.5. The van der Waals surface area contributed by atoms with Crippen LogP contribution in [0.3, 0.4) is 0 Å². The number of hydrogen-bond acceptors (Lipinski definition) is 13. The van der Waals surface area contributed by atoms with Gasteiger partial charge in [0.2, 0.25) is 29.5 Å². The van der Waals surface area contributed by atoms with Crippen LogP contribution in [0, 0.1) is 41.4 Å². The minimum absolute atomic E-state index is 0.00710. The van der Waals surface area contributed by atoms with Gasteiger partial charge in [-0.25, -0.2) is 4.79 Å². The molecule has 0 bridgehead atoms. The van der Waals surface area contributed by atoms with Crippen molar-refractivity contribution in [1.82, 2.24) is 29.8 Å². The number of ether oxygens (including phenoxy) is 1. The van der Waals surface area contributed by atoms with Gasteiger partial charge in [-0.05, 0) is 107 Å². The first-order valence-corrected chi connectivity index (χ1v) is 32.0. The molecule has 2 aromatic carbocycles. The van der Waals surface area contributed by atoms with Crippen molar-refractivity contribution < 1.29 is 62.3 Å². The number of hydrogen-bond donors (Lipinski definition) is 2. The summed E-state index contributed by atoms with van der Waals surface area (Å²) >= 11 is 0. The van der Waals surface area contributed by atoms with E-state index in [2.05, 4.69) is 5.32 Å². The summed E-state index contributed by atoms with van der Waals surface area (Å²) in [7, 11) is 5.15. The van der Waals surface area contributed by atoms with E-state index in [-0.39, 0.29) is 56.3 Å². The van der Waals surface area contributed by atoms with Crippen LogP contribution in [-0.4, -0.2) is 184 Å². The number of rotatable bonds is 14. The summed E-state index contributed by atoms with van der Waals surface area (Å²) in [6.07, 6.45) is -0.300. The fourth-order valence-corrected chi connectivity index (χ4v) is 12.9. The average molecular weight is 1230 g/mol. The number of fused-ring (bicyclic) bond motifs is 1. The summed E-state index contributed by atoms with van der Waals surface area (Å²) in [5, 5.41) is 14.8. The van der Waals surface area contributed by atoms with Crippen molar-refractivity contribution in [2.75, 3.05) is 34.7 Å². The van der Waals surface area contributed by atoms with Gasteiger partial charge in [-0.1, -0.05) is 130 Å². The maximum absolute atomic E-state index is 15.7. The van der Waals surface area contributed by atoms with Crippen LogP contribution in [0.2, 0.25) is 0 Å². The Morgan fingerprint density at radius 2 is 1.18 bits per heavy atom. The molecule has 0 radical (unpaired) electrons. The summed E-state index contributed by atoms with van der Waals surface area (Å²) in [5.74, 6) is -9.56. The topological polar surface area (TPSA) is 230 Å². The van der Waals surface area contributed by atoms with E-state index in [1.54, 1.807) is 46.9 Å². The van der Waals surface area contributed by atoms with Crippen molar-refractivity contribution in [2.45, 2.75) is 228 Å². The van der Waals surface area contributed by atoms with E-state index in [0.717, 1.165) is 10.4 Å². The Morgan fingerprint density at radius 1 is 0.636 bits per heavy atom. The monoisotopic (exact) mass is 1220 g/mol. The number of likely N-dealkylation sites (N-methyl/N-ethyl adjacent to an activating group) is 4. The Balaban J connectivity index is 1.71. The Kier molecular flexibility index (Phi) is 25.0. The normalized spacial score (nSPS) is 27.4. The van der Waals surface area contributed by atoms with Crippen LogP contribution in [0.15, 0.2) is 54.6 Å². The lowest BCUT2D eigenvalue weighted by Gasteiger charge is -2.39. The minimum Gasteiger partial charge on any atom is -0.450 e. The second-order valence-corrected chi connectivity index (χ2v) is 28.1. The number of Topliss-reactive ketones (excluding diaryl/α,β-unsaturated/α-hetero) is 2. The summed E-state index contributed by atoms with van der Waals surface area (Å²) in [4.78, 5) is 143. The molecule has 3 unspecified atom stereocenters. The van der Waals surface area contributed by atoms with Gasteiger partial charge in [0.1, 0.15) is 18.1 Å². The van der Waals surface area contributed by atoms with Crippen molar-refractivity contribution in [2.24, 2.45) is 41.4 Å². The number of nitrogens with one attached hydrogen (secondary N) is 1. The van der Waals surface area contributed by atoms with Gasteiger partial charge < -0.3 is 49.0 Å². The minimum atomic E-state index is -1.95. The Labute approximate surface area is 525 Å². The number of nitrogens with zero attached hydrogens (tertiary/aromatic N) is 5. The third-order valence-corrected chi connectivity index (χ3v) is 19.1. The standard InChI is InChI=1S/C68H105BN6O13/c1-21-43(9)49-39-53(76)51-29-26-34-75(51)63(82)52(37-46-30-32-48(33-31-46)69-87-67(13,14)68(15,16)88-69)71(17)62(81)50(36-45-27-24-23-25-28-45)70-59(78)56(42(7)8)73(19)64(83)57(44(10)22-2)86-65(84)58(66(11,12)85)74(20)60(79)47(35-40(3)4)38-54(77)55(41(5)6)72(18)61(49)80/h23-25,27-28,30-33,40-44,47,49-52,55-58,85H,21-22,26,29,34-39H2,1-20H3,(H,70,78)/t43?,44?,47-,49+,50+,51+,52?,55+,56+,57-,58-/m1/s1. The number of ketones is 2. The lowest BCUT2D eigenvalue weighted by molar-refractivity contribution is -0.178. The van der Waals surface area contributed by atoms with Gasteiger partial charge in [0.25, 0.3) is 5.91 Å². The summed E-state index contributed by atoms with van der Waals surface area (Å²) in [5.41, 5.74) is -1.04. The van der Waals surface area contributed by atoms with Gasteiger partial charge in [-0.3, -0.25) is 38.4 Å². The van der Waals surface area contributed by atoms with Crippen LogP contribution in [0.5, 0.6) is 0 Å². The molecule has 488 valence electrons. The van der Waals surface area contributed by atoms with Gasteiger partial charge in [0.05, 0.1) is 28.9 Å². The molecule has 5 rings (SSSR count). The van der Waals surface area contributed by atoms with E-state index < -0.39 is 143 Å². The molecule has 3 fully saturated rings. The molecule has 0 saturated carbocycles. The molecule has 3 aliphatic rings. The number of amides is 6. The lowest BCUT2D eigenvalue weighted by atomic mass is 9.78. The largest absolute Gasteiger partial charge is 0.494 e. The maximum atomic E-state index is 15.7. The van der Waals surface area contributed by atoms with Crippen molar-refractivity contribution in [1.29, 1.82) is 0 Å². The highest BCUT2D eigenvalue weighted by Gasteiger charge is 2.52. The quantitative estimate of drug-likeness (QED) is 0.146. The van der Waals surface area contributed by atoms with E-state index in [1.807, 2.05) is 112 Å². The Bertz CT molecular complexity index is 2770. The molecule has 3 saturated heterocycles. The lowest BCUT2D eigenvalue weighted by Crippen LogP contribution is -2.61. The number of esters is 1. The average Bonchev–Trinajstić information content (AvgIpc) is 2.50. The van der Waals surface area contributed by atoms with Gasteiger partial charge in [0, 0.05) is 78.2 Å². The molecule has 2 aromatic rings. The zero-order valence-corrected chi connectivity index (χ0v) is 56.5. The molecule has 2 N–H and O–H groups in total. The van der Waals surface area contributed by atoms with E-state index in [4.69, 9.17) is 14.0 Å². The first-order valence-electron chi connectivity index (χ1n) is 32.0. The first-order chi connectivity index (χ1) is 40.9. The Morgan fingerprint density at radius 3 is 1.70 bits per heavy atom. The predicted octanol–water partition coefficient (Wildman–Crippen LogP) is 6.85. The second-order valence-electron chi connectivity index (χ2n) is 28.1. The van der Waals surface area contributed by atoms with E-state index in [0.29, 0.717) is 36.8 Å². The molecule has 0 spiro atoms. The highest BCUT2D eigenvalue weighted by atomic mass is 16.7. The summed E-state index contributed by atoms with van der Waals surface area (Å²) < 4.78 is 18.9. The highest BCUT2D eigenvalue weighted by Crippen LogP contribution is 2.37.